The predicted molar refractivity (Wildman–Crippen MR) is 93.0 cm³/mol. The maximum atomic E-state index is 13.2. The first-order valence-electron chi connectivity index (χ1n) is 8.18. The molecule has 1 heterocycles. The molecule has 140 valence electrons. The van der Waals surface area contributed by atoms with Crippen LogP contribution >= 0.6 is 0 Å². The van der Waals surface area contributed by atoms with E-state index in [9.17, 15) is 22.8 Å². The molecule has 0 saturated heterocycles. The number of carbonyl (C=O) groups excluding carboxylic acids is 1. The van der Waals surface area contributed by atoms with E-state index in [1.54, 1.807) is 19.1 Å². The van der Waals surface area contributed by atoms with E-state index in [1.807, 2.05) is 0 Å². The highest BCUT2D eigenvalue weighted by Gasteiger charge is 2.34. The van der Waals surface area contributed by atoms with E-state index in [2.05, 4.69) is 0 Å². The van der Waals surface area contributed by atoms with Crippen LogP contribution in [0.1, 0.15) is 24.5 Å². The van der Waals surface area contributed by atoms with Crippen molar-refractivity contribution >= 4 is 16.9 Å². The van der Waals surface area contributed by atoms with Gasteiger partial charge in [-0.1, -0.05) is 37.3 Å². The van der Waals surface area contributed by atoms with Gasteiger partial charge in [-0.05, 0) is 23.8 Å². The first-order chi connectivity index (χ1) is 12.8. The molecule has 4 nitrogen and oxygen atoms in total. The second-order valence-corrected chi connectivity index (χ2v) is 5.88. The van der Waals surface area contributed by atoms with Gasteiger partial charge in [-0.25, -0.2) is 4.79 Å². The predicted octanol–water partition coefficient (Wildman–Crippen LogP) is 4.93. The Balaban J connectivity index is 2.04. The molecule has 1 aromatic heterocycles. The van der Waals surface area contributed by atoms with Crippen molar-refractivity contribution in [3.8, 4) is 11.1 Å². The Bertz CT molecular complexity index is 1050. The number of benzene rings is 2. The second kappa shape index (κ2) is 7.26. The summed E-state index contributed by atoms with van der Waals surface area (Å²) in [5, 5.41) is 0.465. The molecule has 0 bridgehead atoms. The molecule has 7 heteroatoms. The van der Waals surface area contributed by atoms with Crippen LogP contribution in [0, 0.1) is 0 Å². The fraction of sp³-hybridized carbons (Fsp3) is 0.200. The van der Waals surface area contributed by atoms with Crippen LogP contribution in [0.25, 0.3) is 22.1 Å². The molecule has 0 aliphatic carbocycles. The third kappa shape index (κ3) is 4.02. The van der Waals surface area contributed by atoms with Crippen LogP contribution in [0.15, 0.2) is 57.7 Å². The van der Waals surface area contributed by atoms with Crippen molar-refractivity contribution in [2.24, 2.45) is 0 Å². The normalized spacial score (nSPS) is 11.6. The summed E-state index contributed by atoms with van der Waals surface area (Å²) in [7, 11) is 0. The number of alkyl halides is 3. The average Bonchev–Trinajstić information content (AvgIpc) is 2.64. The van der Waals surface area contributed by atoms with Crippen molar-refractivity contribution in [2.75, 3.05) is 0 Å². The molecule has 0 spiro atoms. The van der Waals surface area contributed by atoms with Crippen molar-refractivity contribution in [1.29, 1.82) is 0 Å². The fourth-order valence-electron chi connectivity index (χ4n) is 2.66. The van der Waals surface area contributed by atoms with Gasteiger partial charge >= 0.3 is 17.8 Å². The smallest absolute Gasteiger partial charge is 0.417 e. The number of hydrogen-bond donors (Lipinski definition) is 0. The SMILES string of the molecule is CCC(=O)OCc1ccc2cc(-c3ccccc3C(F)(F)F)c(=O)oc2c1. The molecule has 0 radical (unpaired) electrons. The number of halogens is 3. The molecule has 0 atom stereocenters. The van der Waals surface area contributed by atoms with Crippen molar-refractivity contribution in [1.82, 2.24) is 0 Å². The summed E-state index contributed by atoms with van der Waals surface area (Å²) in [6, 6.07) is 11.0. The van der Waals surface area contributed by atoms with Crippen molar-refractivity contribution in [3.63, 3.8) is 0 Å². The summed E-state index contributed by atoms with van der Waals surface area (Å²) < 4.78 is 50.0. The largest absolute Gasteiger partial charge is 0.461 e. The highest BCUT2D eigenvalue weighted by atomic mass is 19.4. The van der Waals surface area contributed by atoms with Crippen LogP contribution in [0.5, 0.6) is 0 Å². The Kier molecular flexibility index (Phi) is 5.03. The Morgan fingerprint density at radius 2 is 1.81 bits per heavy atom. The van der Waals surface area contributed by atoms with Gasteiger partial charge in [0.1, 0.15) is 12.2 Å². The van der Waals surface area contributed by atoms with Gasteiger partial charge in [0.25, 0.3) is 0 Å². The van der Waals surface area contributed by atoms with Gasteiger partial charge in [0.05, 0.1) is 11.1 Å². The fourth-order valence-corrected chi connectivity index (χ4v) is 2.66. The maximum Gasteiger partial charge on any atom is 0.417 e. The Labute approximate surface area is 152 Å². The lowest BCUT2D eigenvalue weighted by molar-refractivity contribution is -0.144. The second-order valence-electron chi connectivity index (χ2n) is 5.88. The summed E-state index contributed by atoms with van der Waals surface area (Å²) in [4.78, 5) is 23.5. The van der Waals surface area contributed by atoms with Crippen molar-refractivity contribution in [2.45, 2.75) is 26.1 Å². The van der Waals surface area contributed by atoms with Gasteiger partial charge < -0.3 is 9.15 Å². The summed E-state index contributed by atoms with van der Waals surface area (Å²) in [5.74, 6) is -0.365. The van der Waals surface area contributed by atoms with Gasteiger partial charge in [0.2, 0.25) is 0 Å². The van der Waals surface area contributed by atoms with Crippen molar-refractivity contribution < 1.29 is 27.1 Å². The molecule has 0 aliphatic heterocycles. The lowest BCUT2D eigenvalue weighted by atomic mass is 9.99. The Morgan fingerprint density at radius 1 is 1.07 bits per heavy atom. The lowest BCUT2D eigenvalue weighted by Gasteiger charge is -2.12. The van der Waals surface area contributed by atoms with Gasteiger partial charge in [0, 0.05) is 17.4 Å². The zero-order chi connectivity index (χ0) is 19.6. The molecular weight excluding hydrogens is 361 g/mol. The number of rotatable bonds is 4. The molecule has 3 aromatic rings. The van der Waals surface area contributed by atoms with Crippen LogP contribution in [0.3, 0.4) is 0 Å². The number of esters is 1. The minimum atomic E-state index is -4.59. The zero-order valence-electron chi connectivity index (χ0n) is 14.3. The summed E-state index contributed by atoms with van der Waals surface area (Å²) in [6.45, 7) is 1.69. The van der Waals surface area contributed by atoms with Crippen LogP contribution in [0.2, 0.25) is 0 Å². The van der Waals surface area contributed by atoms with E-state index >= 15 is 0 Å². The standard InChI is InChI=1S/C20H15F3O4/c1-2-18(24)26-11-12-7-8-13-10-15(19(25)27-17(13)9-12)14-5-3-4-6-16(14)20(21,22)23/h3-10H,2,11H2,1H3. The van der Waals surface area contributed by atoms with E-state index in [1.165, 1.54) is 30.3 Å². The van der Waals surface area contributed by atoms with Gasteiger partial charge in [-0.3, -0.25) is 4.79 Å². The molecule has 3 rings (SSSR count). The highest BCUT2D eigenvalue weighted by Crippen LogP contribution is 2.36. The molecular formula is C20H15F3O4. The zero-order valence-corrected chi connectivity index (χ0v) is 14.3. The molecule has 0 amide bonds. The number of fused-ring (bicyclic) bond motifs is 1. The number of ether oxygens (including phenoxy) is 1. The molecule has 0 saturated carbocycles. The van der Waals surface area contributed by atoms with Crippen LogP contribution < -0.4 is 5.63 Å². The van der Waals surface area contributed by atoms with Crippen LogP contribution in [-0.4, -0.2) is 5.97 Å². The molecule has 0 N–H and O–H groups in total. The van der Waals surface area contributed by atoms with Gasteiger partial charge in [-0.2, -0.15) is 13.2 Å². The number of carbonyl (C=O) groups is 1. The van der Waals surface area contributed by atoms with Gasteiger partial charge in [0.15, 0.2) is 0 Å². The summed E-state index contributed by atoms with van der Waals surface area (Å²) in [5.41, 5.74) is -1.36. The Morgan fingerprint density at radius 3 is 2.52 bits per heavy atom. The maximum absolute atomic E-state index is 13.2. The molecule has 0 unspecified atom stereocenters. The number of hydrogen-bond acceptors (Lipinski definition) is 4. The quantitative estimate of drug-likeness (QED) is 0.478. The average molecular weight is 376 g/mol. The first-order valence-corrected chi connectivity index (χ1v) is 8.18. The van der Waals surface area contributed by atoms with Crippen LogP contribution in [0.4, 0.5) is 13.2 Å². The lowest BCUT2D eigenvalue weighted by Crippen LogP contribution is -2.11. The van der Waals surface area contributed by atoms with Crippen molar-refractivity contribution in [3.05, 3.63) is 70.1 Å². The minimum Gasteiger partial charge on any atom is -0.461 e. The van der Waals surface area contributed by atoms with E-state index in [0.29, 0.717) is 10.9 Å². The Hall–Kier alpha value is -3.09. The van der Waals surface area contributed by atoms with E-state index in [-0.39, 0.29) is 35.7 Å². The first kappa shape index (κ1) is 18.7. The monoisotopic (exact) mass is 376 g/mol. The molecule has 27 heavy (non-hydrogen) atoms. The minimum absolute atomic E-state index is 0.0188. The molecule has 0 fully saturated rings. The summed E-state index contributed by atoms with van der Waals surface area (Å²) in [6.07, 6.45) is -4.35. The van der Waals surface area contributed by atoms with E-state index in [4.69, 9.17) is 9.15 Å². The summed E-state index contributed by atoms with van der Waals surface area (Å²) >= 11 is 0. The third-order valence-electron chi connectivity index (χ3n) is 4.01. The van der Waals surface area contributed by atoms with E-state index in [0.717, 1.165) is 6.07 Å². The topological polar surface area (TPSA) is 56.5 Å². The van der Waals surface area contributed by atoms with Crippen LogP contribution in [-0.2, 0) is 22.3 Å². The molecule has 2 aromatic carbocycles. The third-order valence-corrected chi connectivity index (χ3v) is 4.01. The molecule has 0 aliphatic rings. The highest BCUT2D eigenvalue weighted by molar-refractivity contribution is 5.83. The van der Waals surface area contributed by atoms with Gasteiger partial charge in [-0.15, -0.1) is 0 Å². The van der Waals surface area contributed by atoms with E-state index < -0.39 is 17.4 Å².